The van der Waals surface area contributed by atoms with Crippen LogP contribution < -0.4 is 10.2 Å². The highest BCUT2D eigenvalue weighted by Gasteiger charge is 2.13. The summed E-state index contributed by atoms with van der Waals surface area (Å²) in [5.74, 6) is 0. The normalized spacial score (nSPS) is 12.2. The first-order chi connectivity index (χ1) is 9.22. The minimum Gasteiger partial charge on any atom is -0.384 e. The molecule has 0 saturated heterocycles. The minimum atomic E-state index is 0.565. The van der Waals surface area contributed by atoms with Crippen LogP contribution in [-0.4, -0.2) is 24.1 Å². The first-order valence-electron chi connectivity index (χ1n) is 7.68. The molecule has 1 N–H and O–H groups in total. The highest BCUT2D eigenvalue weighted by molar-refractivity contribution is 5.56. The van der Waals surface area contributed by atoms with E-state index in [9.17, 15) is 0 Å². The Balaban J connectivity index is 2.81. The summed E-state index contributed by atoms with van der Waals surface area (Å²) in [7, 11) is 0. The Kier molecular flexibility index (Phi) is 7.31. The molecule has 19 heavy (non-hydrogen) atoms. The molecule has 0 aliphatic rings. The molecule has 0 bridgehead atoms. The first-order valence-corrected chi connectivity index (χ1v) is 7.68. The van der Waals surface area contributed by atoms with Crippen molar-refractivity contribution in [3.8, 4) is 0 Å². The number of unbranched alkanes of at least 4 members (excludes halogenated alkanes) is 1. The van der Waals surface area contributed by atoms with Gasteiger partial charge in [-0.15, -0.1) is 0 Å². The summed E-state index contributed by atoms with van der Waals surface area (Å²) in [5, 5.41) is 3.41. The third-order valence-electron chi connectivity index (χ3n) is 3.51. The third kappa shape index (κ3) is 5.09. The lowest BCUT2D eigenvalue weighted by Gasteiger charge is -2.30. The van der Waals surface area contributed by atoms with Crippen molar-refractivity contribution < 1.29 is 0 Å². The highest BCUT2D eigenvalue weighted by Crippen LogP contribution is 2.21. The van der Waals surface area contributed by atoms with Gasteiger partial charge in [0.25, 0.3) is 0 Å². The van der Waals surface area contributed by atoms with Gasteiger partial charge in [0.15, 0.2) is 0 Å². The number of anilines is 2. The van der Waals surface area contributed by atoms with E-state index in [0.29, 0.717) is 6.04 Å². The van der Waals surface area contributed by atoms with Gasteiger partial charge in [0, 0.05) is 19.1 Å². The van der Waals surface area contributed by atoms with Gasteiger partial charge in [-0.25, -0.2) is 0 Å². The lowest BCUT2D eigenvalue weighted by atomic mass is 10.1. The molecule has 3 heteroatoms. The summed E-state index contributed by atoms with van der Waals surface area (Å²) >= 11 is 0. The average molecular weight is 263 g/mol. The standard InChI is InChI=1S/C16H29N3/c1-5-8-10-19(14(4)7-3)16-11-15(12-17-13-16)18-9-6-2/h11-14,18H,5-10H2,1-4H3. The van der Waals surface area contributed by atoms with Gasteiger partial charge in [-0.05, 0) is 32.3 Å². The molecule has 0 fully saturated rings. The van der Waals surface area contributed by atoms with E-state index in [1.807, 2.05) is 12.4 Å². The fourth-order valence-corrected chi connectivity index (χ4v) is 2.10. The van der Waals surface area contributed by atoms with Crippen molar-refractivity contribution in [3.05, 3.63) is 18.5 Å². The predicted molar refractivity (Wildman–Crippen MR) is 85.0 cm³/mol. The molecule has 0 amide bonds. The maximum Gasteiger partial charge on any atom is 0.0575 e. The van der Waals surface area contributed by atoms with E-state index >= 15 is 0 Å². The number of hydrogen-bond acceptors (Lipinski definition) is 3. The molecule has 3 nitrogen and oxygen atoms in total. The van der Waals surface area contributed by atoms with Crippen LogP contribution in [0.1, 0.15) is 53.4 Å². The molecular formula is C16H29N3. The van der Waals surface area contributed by atoms with Crippen LogP contribution in [0.5, 0.6) is 0 Å². The molecule has 1 unspecified atom stereocenters. The number of nitrogens with zero attached hydrogens (tertiary/aromatic N) is 2. The largest absolute Gasteiger partial charge is 0.384 e. The number of pyridine rings is 1. The second kappa shape index (κ2) is 8.78. The molecule has 1 rings (SSSR count). The van der Waals surface area contributed by atoms with E-state index in [-0.39, 0.29) is 0 Å². The van der Waals surface area contributed by atoms with Crippen LogP contribution in [-0.2, 0) is 0 Å². The molecule has 0 aliphatic heterocycles. The molecular weight excluding hydrogens is 234 g/mol. The molecule has 0 aromatic carbocycles. The van der Waals surface area contributed by atoms with E-state index in [0.717, 1.165) is 31.6 Å². The van der Waals surface area contributed by atoms with E-state index in [1.165, 1.54) is 18.5 Å². The van der Waals surface area contributed by atoms with E-state index in [2.05, 4.69) is 49.0 Å². The molecule has 1 aromatic heterocycles. The minimum absolute atomic E-state index is 0.565. The monoisotopic (exact) mass is 263 g/mol. The first kappa shape index (κ1) is 15.8. The summed E-state index contributed by atoms with van der Waals surface area (Å²) < 4.78 is 0. The Bertz CT molecular complexity index is 352. The number of rotatable bonds is 9. The Labute approximate surface area is 118 Å². The van der Waals surface area contributed by atoms with Crippen molar-refractivity contribution in [3.63, 3.8) is 0 Å². The molecule has 0 aliphatic carbocycles. The Morgan fingerprint density at radius 3 is 2.63 bits per heavy atom. The van der Waals surface area contributed by atoms with Crippen molar-refractivity contribution in [2.75, 3.05) is 23.3 Å². The van der Waals surface area contributed by atoms with Crippen molar-refractivity contribution in [1.29, 1.82) is 0 Å². The van der Waals surface area contributed by atoms with Gasteiger partial charge < -0.3 is 10.2 Å². The molecule has 1 aromatic rings. The topological polar surface area (TPSA) is 28.2 Å². The molecule has 0 spiro atoms. The predicted octanol–water partition coefficient (Wildman–Crippen LogP) is 4.31. The zero-order chi connectivity index (χ0) is 14.1. The van der Waals surface area contributed by atoms with Gasteiger partial charge in [-0.3, -0.25) is 4.98 Å². The van der Waals surface area contributed by atoms with Crippen LogP contribution in [0.2, 0.25) is 0 Å². The maximum absolute atomic E-state index is 4.38. The zero-order valence-corrected chi connectivity index (χ0v) is 12.9. The van der Waals surface area contributed by atoms with Crippen molar-refractivity contribution in [1.82, 2.24) is 4.98 Å². The van der Waals surface area contributed by atoms with Crippen LogP contribution in [0.4, 0.5) is 11.4 Å². The van der Waals surface area contributed by atoms with Crippen molar-refractivity contribution in [2.45, 2.75) is 59.4 Å². The van der Waals surface area contributed by atoms with Gasteiger partial charge in [0.1, 0.15) is 0 Å². The number of nitrogens with one attached hydrogen (secondary N) is 1. The average Bonchev–Trinajstić information content (AvgIpc) is 2.45. The van der Waals surface area contributed by atoms with Gasteiger partial charge in [0.2, 0.25) is 0 Å². The summed E-state index contributed by atoms with van der Waals surface area (Å²) in [6.07, 6.45) is 8.66. The fraction of sp³-hybridized carbons (Fsp3) is 0.688. The zero-order valence-electron chi connectivity index (χ0n) is 12.9. The molecule has 0 radical (unpaired) electrons. The van der Waals surface area contributed by atoms with Crippen LogP contribution in [0, 0.1) is 0 Å². The van der Waals surface area contributed by atoms with Gasteiger partial charge in [-0.1, -0.05) is 27.2 Å². The quantitative estimate of drug-likeness (QED) is 0.719. The maximum atomic E-state index is 4.38. The summed E-state index contributed by atoms with van der Waals surface area (Å²) in [6, 6.07) is 2.79. The van der Waals surface area contributed by atoms with Crippen molar-refractivity contribution in [2.24, 2.45) is 0 Å². The molecule has 108 valence electrons. The number of hydrogen-bond donors (Lipinski definition) is 1. The second-order valence-corrected chi connectivity index (χ2v) is 5.16. The third-order valence-corrected chi connectivity index (χ3v) is 3.51. The lowest BCUT2D eigenvalue weighted by molar-refractivity contribution is 0.595. The summed E-state index contributed by atoms with van der Waals surface area (Å²) in [4.78, 5) is 6.86. The van der Waals surface area contributed by atoms with Crippen molar-refractivity contribution >= 4 is 11.4 Å². The summed E-state index contributed by atoms with van der Waals surface area (Å²) in [5.41, 5.74) is 2.37. The Morgan fingerprint density at radius 1 is 1.21 bits per heavy atom. The summed E-state index contributed by atoms with van der Waals surface area (Å²) in [6.45, 7) is 11.1. The highest BCUT2D eigenvalue weighted by atomic mass is 15.2. The Hall–Kier alpha value is -1.25. The van der Waals surface area contributed by atoms with Crippen LogP contribution in [0.3, 0.4) is 0 Å². The van der Waals surface area contributed by atoms with Gasteiger partial charge in [0.05, 0.1) is 23.8 Å². The molecule has 1 heterocycles. The molecule has 0 saturated carbocycles. The smallest absolute Gasteiger partial charge is 0.0575 e. The Morgan fingerprint density at radius 2 is 2.00 bits per heavy atom. The van der Waals surface area contributed by atoms with Crippen LogP contribution in [0.25, 0.3) is 0 Å². The van der Waals surface area contributed by atoms with E-state index in [1.54, 1.807) is 0 Å². The van der Waals surface area contributed by atoms with Crippen LogP contribution >= 0.6 is 0 Å². The number of aromatic nitrogens is 1. The lowest BCUT2D eigenvalue weighted by Crippen LogP contribution is -2.33. The SMILES string of the molecule is CCCCN(c1cncc(NCCC)c1)C(C)CC. The van der Waals surface area contributed by atoms with E-state index < -0.39 is 0 Å². The fourth-order valence-electron chi connectivity index (χ4n) is 2.10. The van der Waals surface area contributed by atoms with Crippen LogP contribution in [0.15, 0.2) is 18.5 Å². The second-order valence-electron chi connectivity index (χ2n) is 5.16. The van der Waals surface area contributed by atoms with E-state index in [4.69, 9.17) is 0 Å². The van der Waals surface area contributed by atoms with Gasteiger partial charge >= 0.3 is 0 Å². The van der Waals surface area contributed by atoms with Gasteiger partial charge in [-0.2, -0.15) is 0 Å². The molecule has 1 atom stereocenters.